The molecule has 0 radical (unpaired) electrons. The highest BCUT2D eigenvalue weighted by Crippen LogP contribution is 2.38. The van der Waals surface area contributed by atoms with Crippen LogP contribution in [0.3, 0.4) is 0 Å². The number of hydrogen-bond donors (Lipinski definition) is 1. The SMILES string of the molecule is CCN1CCCC1CNC(=O)CCc1cc(OC)c(OC)c(OC)c1. The minimum atomic E-state index is 0.0803. The molecule has 1 amide bonds. The van der Waals surface area contributed by atoms with E-state index in [1.807, 2.05) is 12.1 Å². The molecule has 0 aliphatic carbocycles. The Kier molecular flexibility index (Phi) is 7.37. The van der Waals surface area contributed by atoms with Crippen molar-refractivity contribution in [3.05, 3.63) is 17.7 Å². The summed E-state index contributed by atoms with van der Waals surface area (Å²) in [5.74, 6) is 1.87. The Labute approximate surface area is 150 Å². The fraction of sp³-hybridized carbons (Fsp3) is 0.632. The van der Waals surface area contributed by atoms with Gasteiger partial charge in [-0.25, -0.2) is 0 Å². The smallest absolute Gasteiger partial charge is 0.220 e. The maximum Gasteiger partial charge on any atom is 0.220 e. The zero-order valence-corrected chi connectivity index (χ0v) is 15.8. The Hall–Kier alpha value is -1.95. The molecule has 1 saturated heterocycles. The maximum absolute atomic E-state index is 12.2. The first-order chi connectivity index (χ1) is 12.1. The number of rotatable bonds is 9. The number of carbonyl (C=O) groups is 1. The highest BCUT2D eigenvalue weighted by molar-refractivity contribution is 5.76. The molecule has 1 aromatic carbocycles. The topological polar surface area (TPSA) is 60.0 Å². The van der Waals surface area contributed by atoms with Gasteiger partial charge in [-0.05, 0) is 50.0 Å². The average molecular weight is 350 g/mol. The van der Waals surface area contributed by atoms with Gasteiger partial charge in [-0.15, -0.1) is 0 Å². The number of carbonyl (C=O) groups excluding carboxylic acids is 1. The van der Waals surface area contributed by atoms with Crippen molar-refractivity contribution in [3.8, 4) is 17.2 Å². The first-order valence-electron chi connectivity index (χ1n) is 8.92. The third kappa shape index (κ3) is 5.01. The lowest BCUT2D eigenvalue weighted by Gasteiger charge is -2.22. The van der Waals surface area contributed by atoms with Crippen molar-refractivity contribution in [1.29, 1.82) is 0 Å². The van der Waals surface area contributed by atoms with Crippen LogP contribution < -0.4 is 19.5 Å². The van der Waals surface area contributed by atoms with Gasteiger partial charge in [-0.1, -0.05) is 6.92 Å². The van der Waals surface area contributed by atoms with Gasteiger partial charge in [-0.3, -0.25) is 9.69 Å². The van der Waals surface area contributed by atoms with Gasteiger partial charge in [0.05, 0.1) is 21.3 Å². The summed E-state index contributed by atoms with van der Waals surface area (Å²) in [5.41, 5.74) is 0.987. The number of likely N-dealkylation sites (tertiary alicyclic amines) is 1. The molecule has 0 saturated carbocycles. The molecule has 140 valence electrons. The number of aryl methyl sites for hydroxylation is 1. The summed E-state index contributed by atoms with van der Waals surface area (Å²) in [6.07, 6.45) is 3.46. The lowest BCUT2D eigenvalue weighted by Crippen LogP contribution is -2.40. The third-order valence-electron chi connectivity index (χ3n) is 4.81. The lowest BCUT2D eigenvalue weighted by molar-refractivity contribution is -0.121. The van der Waals surface area contributed by atoms with Gasteiger partial charge in [0.2, 0.25) is 11.7 Å². The normalized spacial score (nSPS) is 17.4. The van der Waals surface area contributed by atoms with Crippen LogP contribution in [0.25, 0.3) is 0 Å². The molecule has 1 atom stereocenters. The highest BCUT2D eigenvalue weighted by Gasteiger charge is 2.23. The molecular formula is C19H30N2O4. The molecule has 0 aromatic heterocycles. The number of methoxy groups -OCH3 is 3. The molecule has 2 rings (SSSR count). The van der Waals surface area contributed by atoms with Gasteiger partial charge in [0.1, 0.15) is 0 Å². The largest absolute Gasteiger partial charge is 0.493 e. The zero-order chi connectivity index (χ0) is 18.2. The van der Waals surface area contributed by atoms with Crippen molar-refractivity contribution < 1.29 is 19.0 Å². The Bertz CT molecular complexity index is 552. The summed E-state index contributed by atoms with van der Waals surface area (Å²) in [6, 6.07) is 4.27. The van der Waals surface area contributed by atoms with Gasteiger partial charge < -0.3 is 19.5 Å². The van der Waals surface area contributed by atoms with E-state index in [1.165, 1.54) is 12.8 Å². The van der Waals surface area contributed by atoms with E-state index in [-0.39, 0.29) is 5.91 Å². The number of nitrogens with one attached hydrogen (secondary N) is 1. The Morgan fingerprint density at radius 1 is 1.20 bits per heavy atom. The molecule has 1 aliphatic rings. The van der Waals surface area contributed by atoms with E-state index < -0.39 is 0 Å². The van der Waals surface area contributed by atoms with Crippen LogP contribution in [0.2, 0.25) is 0 Å². The van der Waals surface area contributed by atoms with E-state index in [2.05, 4.69) is 17.1 Å². The van der Waals surface area contributed by atoms with E-state index in [0.29, 0.717) is 36.1 Å². The van der Waals surface area contributed by atoms with Crippen LogP contribution in [0.15, 0.2) is 12.1 Å². The number of nitrogens with zero attached hydrogens (tertiary/aromatic N) is 1. The molecule has 0 bridgehead atoms. The van der Waals surface area contributed by atoms with E-state index in [9.17, 15) is 4.79 Å². The molecule has 1 aliphatic heterocycles. The molecule has 0 spiro atoms. The molecule has 1 aromatic rings. The van der Waals surface area contributed by atoms with Crippen molar-refractivity contribution in [2.75, 3.05) is 41.0 Å². The molecule has 1 unspecified atom stereocenters. The second kappa shape index (κ2) is 9.51. The van der Waals surface area contributed by atoms with E-state index in [4.69, 9.17) is 14.2 Å². The second-order valence-corrected chi connectivity index (χ2v) is 6.26. The third-order valence-corrected chi connectivity index (χ3v) is 4.81. The molecule has 6 heteroatoms. The summed E-state index contributed by atoms with van der Waals surface area (Å²) in [4.78, 5) is 14.6. The van der Waals surface area contributed by atoms with Gasteiger partial charge in [0.25, 0.3) is 0 Å². The van der Waals surface area contributed by atoms with Crippen LogP contribution in [-0.4, -0.2) is 57.8 Å². The quantitative estimate of drug-likeness (QED) is 0.740. The lowest BCUT2D eigenvalue weighted by atomic mass is 10.1. The van der Waals surface area contributed by atoms with Gasteiger partial charge in [0.15, 0.2) is 11.5 Å². The van der Waals surface area contributed by atoms with Gasteiger partial charge >= 0.3 is 0 Å². The van der Waals surface area contributed by atoms with Crippen LogP contribution in [0.5, 0.6) is 17.2 Å². The number of likely N-dealkylation sites (N-methyl/N-ethyl adjacent to an activating group) is 1. The number of benzene rings is 1. The number of ether oxygens (including phenoxy) is 3. The molecular weight excluding hydrogens is 320 g/mol. The van der Waals surface area contributed by atoms with E-state index in [1.54, 1.807) is 21.3 Å². The van der Waals surface area contributed by atoms with Gasteiger partial charge in [-0.2, -0.15) is 0 Å². The summed E-state index contributed by atoms with van der Waals surface area (Å²) in [7, 11) is 4.76. The van der Waals surface area contributed by atoms with Crippen molar-refractivity contribution in [2.24, 2.45) is 0 Å². The molecule has 1 fully saturated rings. The summed E-state index contributed by atoms with van der Waals surface area (Å²) >= 11 is 0. The highest BCUT2D eigenvalue weighted by atomic mass is 16.5. The van der Waals surface area contributed by atoms with Crippen LogP contribution in [-0.2, 0) is 11.2 Å². The minimum absolute atomic E-state index is 0.0803. The second-order valence-electron chi connectivity index (χ2n) is 6.26. The average Bonchev–Trinajstić information content (AvgIpc) is 3.11. The summed E-state index contributed by atoms with van der Waals surface area (Å²) < 4.78 is 16.0. The van der Waals surface area contributed by atoms with Crippen LogP contribution in [0.1, 0.15) is 31.7 Å². The summed E-state index contributed by atoms with van der Waals surface area (Å²) in [6.45, 7) is 5.10. The molecule has 1 N–H and O–H groups in total. The van der Waals surface area contributed by atoms with Crippen molar-refractivity contribution in [3.63, 3.8) is 0 Å². The molecule has 1 heterocycles. The molecule has 6 nitrogen and oxygen atoms in total. The first kappa shape index (κ1) is 19.4. The number of hydrogen-bond acceptors (Lipinski definition) is 5. The van der Waals surface area contributed by atoms with Crippen LogP contribution in [0.4, 0.5) is 0 Å². The van der Waals surface area contributed by atoms with Crippen molar-refractivity contribution >= 4 is 5.91 Å². The van der Waals surface area contributed by atoms with Crippen molar-refractivity contribution in [2.45, 2.75) is 38.6 Å². The maximum atomic E-state index is 12.2. The first-order valence-corrected chi connectivity index (χ1v) is 8.92. The Morgan fingerprint density at radius 3 is 2.44 bits per heavy atom. The predicted octanol–water partition coefficient (Wildman–Crippen LogP) is 2.25. The minimum Gasteiger partial charge on any atom is -0.493 e. The van der Waals surface area contributed by atoms with Crippen LogP contribution >= 0.6 is 0 Å². The summed E-state index contributed by atoms with van der Waals surface area (Å²) in [5, 5.41) is 3.07. The zero-order valence-electron chi connectivity index (χ0n) is 15.8. The van der Waals surface area contributed by atoms with E-state index >= 15 is 0 Å². The predicted molar refractivity (Wildman–Crippen MR) is 97.7 cm³/mol. The van der Waals surface area contributed by atoms with Crippen molar-refractivity contribution in [1.82, 2.24) is 10.2 Å². The fourth-order valence-corrected chi connectivity index (χ4v) is 3.40. The monoisotopic (exact) mass is 350 g/mol. The Morgan fingerprint density at radius 2 is 1.88 bits per heavy atom. The fourth-order valence-electron chi connectivity index (χ4n) is 3.40. The molecule has 25 heavy (non-hydrogen) atoms. The number of amides is 1. The van der Waals surface area contributed by atoms with Crippen LogP contribution in [0, 0.1) is 0 Å². The standard InChI is InChI=1S/C19H30N2O4/c1-5-21-10-6-7-15(21)13-20-18(22)9-8-14-11-16(23-2)19(25-4)17(12-14)24-3/h11-12,15H,5-10,13H2,1-4H3,(H,20,22). The van der Waals surface area contributed by atoms with E-state index in [0.717, 1.165) is 25.2 Å². The van der Waals surface area contributed by atoms with Gasteiger partial charge in [0, 0.05) is 19.0 Å². The Balaban J connectivity index is 1.88.